The van der Waals surface area contributed by atoms with Gasteiger partial charge in [0, 0.05) is 24.0 Å². The van der Waals surface area contributed by atoms with Crippen molar-refractivity contribution in [1.82, 2.24) is 5.32 Å². The average Bonchev–Trinajstić information content (AvgIpc) is 3.63. The van der Waals surface area contributed by atoms with E-state index in [9.17, 15) is 13.2 Å². The Bertz CT molecular complexity index is 1220. The summed E-state index contributed by atoms with van der Waals surface area (Å²) in [6, 6.07) is 26.5. The first-order valence-electron chi connectivity index (χ1n) is 14.3. The number of hydrogen-bond donors (Lipinski definition) is 2. The first-order valence-corrected chi connectivity index (χ1v) is 14.3. The monoisotopic (exact) mass is 534 g/mol. The van der Waals surface area contributed by atoms with Crippen molar-refractivity contribution in [2.45, 2.75) is 75.9 Å². The maximum atomic E-state index is 13.5. The molecule has 39 heavy (non-hydrogen) atoms. The molecule has 6 rings (SSSR count). The minimum absolute atomic E-state index is 0.000608. The molecular weight excluding hydrogens is 497 g/mol. The highest BCUT2D eigenvalue weighted by molar-refractivity contribution is 5.60. The summed E-state index contributed by atoms with van der Waals surface area (Å²) in [6.45, 7) is 4.11. The summed E-state index contributed by atoms with van der Waals surface area (Å²) >= 11 is 0. The van der Waals surface area contributed by atoms with Crippen LogP contribution in [0.5, 0.6) is 5.75 Å². The summed E-state index contributed by atoms with van der Waals surface area (Å²) in [5, 5.41) is 7.75. The van der Waals surface area contributed by atoms with Crippen molar-refractivity contribution in [3.05, 3.63) is 95.6 Å². The quantitative estimate of drug-likeness (QED) is 0.321. The van der Waals surface area contributed by atoms with Crippen LogP contribution in [0.2, 0.25) is 0 Å². The van der Waals surface area contributed by atoms with Gasteiger partial charge in [-0.05, 0) is 71.8 Å². The Morgan fingerprint density at radius 1 is 0.846 bits per heavy atom. The molecule has 6 heteroatoms. The molecular formula is C33H37F3N2O. The summed E-state index contributed by atoms with van der Waals surface area (Å²) in [4.78, 5) is 0. The third-order valence-electron chi connectivity index (χ3n) is 9.17. The Balaban J connectivity index is 1.46. The van der Waals surface area contributed by atoms with Gasteiger partial charge < -0.3 is 15.4 Å². The third-order valence-corrected chi connectivity index (χ3v) is 9.17. The van der Waals surface area contributed by atoms with Gasteiger partial charge in [-0.2, -0.15) is 0 Å². The Morgan fingerprint density at radius 3 is 2.13 bits per heavy atom. The molecule has 2 bridgehead atoms. The van der Waals surface area contributed by atoms with E-state index in [-0.39, 0.29) is 29.7 Å². The molecule has 3 aromatic carbocycles. The van der Waals surface area contributed by atoms with Gasteiger partial charge in [-0.15, -0.1) is 13.2 Å². The van der Waals surface area contributed by atoms with Gasteiger partial charge in [-0.1, -0.05) is 87.0 Å². The Hall–Kier alpha value is -2.99. The SMILES string of the molecule is CC(C)c1ccc(OC(F)(F)F)c(NC2C(C(c3ccccc3)c3ccccc3)NC3CCCC4C(C3)C42)c1. The molecule has 0 amide bonds. The number of alkyl halides is 3. The first kappa shape index (κ1) is 26.2. The zero-order valence-electron chi connectivity index (χ0n) is 22.5. The second-order valence-electron chi connectivity index (χ2n) is 11.9. The fourth-order valence-corrected chi connectivity index (χ4v) is 7.39. The molecule has 206 valence electrons. The van der Waals surface area contributed by atoms with E-state index >= 15 is 0 Å². The lowest BCUT2D eigenvalue weighted by atomic mass is 9.80. The minimum atomic E-state index is -4.76. The molecule has 1 heterocycles. The third kappa shape index (κ3) is 5.54. The van der Waals surface area contributed by atoms with Crippen LogP contribution in [-0.4, -0.2) is 24.5 Å². The predicted molar refractivity (Wildman–Crippen MR) is 149 cm³/mol. The number of ether oxygens (including phenoxy) is 1. The van der Waals surface area contributed by atoms with Gasteiger partial charge in [0.2, 0.25) is 0 Å². The first-order chi connectivity index (χ1) is 18.8. The normalized spacial score (nSPS) is 28.1. The molecule has 1 aliphatic heterocycles. The molecule has 1 saturated heterocycles. The maximum absolute atomic E-state index is 13.5. The van der Waals surface area contributed by atoms with Crippen molar-refractivity contribution in [2.24, 2.45) is 17.8 Å². The number of nitrogens with one attached hydrogen (secondary N) is 2. The van der Waals surface area contributed by atoms with Crippen LogP contribution in [0.15, 0.2) is 78.9 Å². The van der Waals surface area contributed by atoms with Crippen LogP contribution in [0.1, 0.15) is 68.1 Å². The van der Waals surface area contributed by atoms with Gasteiger partial charge in [0.1, 0.15) is 0 Å². The Kier molecular flexibility index (Phi) is 7.09. The van der Waals surface area contributed by atoms with E-state index in [1.807, 2.05) is 18.2 Å². The van der Waals surface area contributed by atoms with Crippen LogP contribution in [0, 0.1) is 17.8 Å². The van der Waals surface area contributed by atoms with Gasteiger partial charge in [0.05, 0.1) is 5.69 Å². The van der Waals surface area contributed by atoms with E-state index in [0.717, 1.165) is 18.4 Å². The Labute approximate surface area is 229 Å². The highest BCUT2D eigenvalue weighted by atomic mass is 19.4. The lowest BCUT2D eigenvalue weighted by Crippen LogP contribution is -2.51. The molecule has 3 aliphatic rings. The van der Waals surface area contributed by atoms with E-state index < -0.39 is 6.36 Å². The van der Waals surface area contributed by atoms with Gasteiger partial charge in [0.15, 0.2) is 5.75 Å². The zero-order chi connectivity index (χ0) is 27.1. The number of fused-ring (bicyclic) bond motifs is 2. The van der Waals surface area contributed by atoms with Crippen LogP contribution in [0.4, 0.5) is 18.9 Å². The second-order valence-corrected chi connectivity index (χ2v) is 11.9. The molecule has 3 fully saturated rings. The molecule has 2 saturated carbocycles. The molecule has 0 radical (unpaired) electrons. The molecule has 2 aliphatic carbocycles. The van der Waals surface area contributed by atoms with Crippen LogP contribution in [0.25, 0.3) is 0 Å². The van der Waals surface area contributed by atoms with E-state index in [1.165, 1.54) is 30.0 Å². The summed E-state index contributed by atoms with van der Waals surface area (Å²) in [5.41, 5.74) is 3.84. The van der Waals surface area contributed by atoms with Crippen molar-refractivity contribution in [3.8, 4) is 5.75 Å². The highest BCUT2D eigenvalue weighted by Crippen LogP contribution is 2.59. The molecule has 3 nitrogen and oxygen atoms in total. The summed E-state index contributed by atoms with van der Waals surface area (Å²) in [6.07, 6.45) is -0.0893. The van der Waals surface area contributed by atoms with Gasteiger partial charge in [-0.25, -0.2) is 0 Å². The van der Waals surface area contributed by atoms with E-state index in [2.05, 4.69) is 77.7 Å². The average molecular weight is 535 g/mol. The fraction of sp³-hybridized carbons (Fsp3) is 0.455. The van der Waals surface area contributed by atoms with Crippen molar-refractivity contribution >= 4 is 5.69 Å². The van der Waals surface area contributed by atoms with Crippen molar-refractivity contribution in [2.75, 3.05) is 5.32 Å². The minimum Gasteiger partial charge on any atom is -0.404 e. The molecule has 6 atom stereocenters. The van der Waals surface area contributed by atoms with Crippen LogP contribution < -0.4 is 15.4 Å². The topological polar surface area (TPSA) is 33.3 Å². The number of hydrogen-bond acceptors (Lipinski definition) is 3. The van der Waals surface area contributed by atoms with E-state index in [1.54, 1.807) is 6.07 Å². The summed E-state index contributed by atoms with van der Waals surface area (Å²) in [7, 11) is 0. The molecule has 0 aromatic heterocycles. The van der Waals surface area contributed by atoms with Crippen molar-refractivity contribution in [3.63, 3.8) is 0 Å². The Morgan fingerprint density at radius 2 is 1.51 bits per heavy atom. The lowest BCUT2D eigenvalue weighted by molar-refractivity contribution is -0.274. The molecule has 2 N–H and O–H groups in total. The van der Waals surface area contributed by atoms with Gasteiger partial charge in [0.25, 0.3) is 0 Å². The molecule has 0 spiro atoms. The smallest absolute Gasteiger partial charge is 0.404 e. The number of halogens is 3. The van der Waals surface area contributed by atoms with Crippen molar-refractivity contribution in [1.29, 1.82) is 0 Å². The maximum Gasteiger partial charge on any atom is 0.573 e. The van der Waals surface area contributed by atoms with Crippen LogP contribution >= 0.6 is 0 Å². The number of anilines is 1. The zero-order valence-corrected chi connectivity index (χ0v) is 22.5. The second kappa shape index (κ2) is 10.5. The standard InChI is InChI=1S/C33H37F3N2O/c1-20(2)23-16-17-28(39-33(34,35)36)27(18-23)38-32-30-25-15-9-14-24(19-26(25)30)37-31(32)29(21-10-5-3-6-11-21)22-12-7-4-8-13-22/h3-8,10-13,16-18,20,24-26,29-32,37-38H,9,14-15,19H2,1-2H3. The van der Waals surface area contributed by atoms with Gasteiger partial charge in [-0.3, -0.25) is 0 Å². The largest absolute Gasteiger partial charge is 0.573 e. The summed E-state index contributed by atoms with van der Waals surface area (Å²) in [5.74, 6) is 1.69. The fourth-order valence-electron chi connectivity index (χ4n) is 7.39. The lowest BCUT2D eigenvalue weighted by Gasteiger charge is -2.38. The van der Waals surface area contributed by atoms with Crippen LogP contribution in [-0.2, 0) is 0 Å². The summed E-state index contributed by atoms with van der Waals surface area (Å²) < 4.78 is 45.0. The molecule has 6 unspecified atom stereocenters. The number of benzene rings is 3. The van der Waals surface area contributed by atoms with Gasteiger partial charge >= 0.3 is 6.36 Å². The van der Waals surface area contributed by atoms with E-state index in [4.69, 9.17) is 0 Å². The van der Waals surface area contributed by atoms with Crippen molar-refractivity contribution < 1.29 is 17.9 Å². The highest BCUT2D eigenvalue weighted by Gasteiger charge is 2.59. The molecule has 3 aromatic rings. The van der Waals surface area contributed by atoms with Crippen LogP contribution in [0.3, 0.4) is 0 Å². The number of rotatable bonds is 7. The predicted octanol–water partition coefficient (Wildman–Crippen LogP) is 8.10. The van der Waals surface area contributed by atoms with E-state index in [0.29, 0.717) is 29.5 Å².